The first-order chi connectivity index (χ1) is 3.35. The third-order valence-electron chi connectivity index (χ3n) is 0.547. The van der Waals surface area contributed by atoms with E-state index in [9.17, 15) is 0 Å². The van der Waals surface area contributed by atoms with Crippen LogP contribution in [0.4, 0.5) is 0 Å². The Balaban J connectivity index is 3.50. The third kappa shape index (κ3) is 1.75. The van der Waals surface area contributed by atoms with E-state index in [2.05, 4.69) is 5.32 Å². The molecule has 0 aliphatic rings. The average Bonchev–Trinajstić information content (AvgIpc) is 1.72. The van der Waals surface area contributed by atoms with Crippen LogP contribution in [0.15, 0.2) is 0 Å². The van der Waals surface area contributed by atoms with Crippen LogP contribution >= 0.6 is 0 Å². The van der Waals surface area contributed by atoms with E-state index in [1.807, 2.05) is 0 Å². The van der Waals surface area contributed by atoms with Gasteiger partial charge >= 0.3 is 0 Å². The number of hydrogen-bond acceptors (Lipinski definition) is 3. The van der Waals surface area contributed by atoms with Crippen molar-refractivity contribution < 1.29 is 0 Å². The molecule has 1 N–H and O–H groups in total. The van der Waals surface area contributed by atoms with Crippen molar-refractivity contribution >= 4 is 0 Å². The van der Waals surface area contributed by atoms with Crippen LogP contribution in [-0.2, 0) is 0 Å². The highest BCUT2D eigenvalue weighted by Crippen LogP contribution is 1.69. The summed E-state index contributed by atoms with van der Waals surface area (Å²) in [7, 11) is 1.57. The summed E-state index contributed by atoms with van der Waals surface area (Å²) >= 11 is 0. The van der Waals surface area contributed by atoms with Gasteiger partial charge in [0, 0.05) is 0 Å². The highest BCUT2D eigenvalue weighted by atomic mass is 14.9. The van der Waals surface area contributed by atoms with Gasteiger partial charge in [0.15, 0.2) is 6.04 Å². The molecule has 0 aromatic carbocycles. The molecular weight excluding hydrogens is 90.1 g/mol. The van der Waals surface area contributed by atoms with Crippen molar-refractivity contribution in [3.8, 4) is 12.1 Å². The van der Waals surface area contributed by atoms with Crippen LogP contribution in [-0.4, -0.2) is 13.1 Å². The fourth-order valence-electron chi connectivity index (χ4n) is 0.158. The highest BCUT2D eigenvalue weighted by molar-refractivity contribution is 5.04. The molecule has 0 spiro atoms. The molecule has 0 radical (unpaired) electrons. The molecule has 0 amide bonds. The second-order valence-corrected chi connectivity index (χ2v) is 0.980. The molecule has 0 aliphatic heterocycles. The number of rotatable bonds is 1. The van der Waals surface area contributed by atoms with Crippen molar-refractivity contribution in [3.63, 3.8) is 0 Å². The number of nitrogens with one attached hydrogen (secondary N) is 1. The van der Waals surface area contributed by atoms with Crippen LogP contribution in [0.2, 0.25) is 0 Å². The van der Waals surface area contributed by atoms with Gasteiger partial charge in [0.2, 0.25) is 0 Å². The maximum atomic E-state index is 7.99. The van der Waals surface area contributed by atoms with Crippen LogP contribution in [0.25, 0.3) is 0 Å². The summed E-state index contributed by atoms with van der Waals surface area (Å²) in [6.07, 6.45) is 0. The Morgan fingerprint density at radius 1 is 1.43 bits per heavy atom. The van der Waals surface area contributed by atoms with E-state index >= 15 is 0 Å². The zero-order valence-corrected chi connectivity index (χ0v) is 3.97. The minimum atomic E-state index is -0.653. The second kappa shape index (κ2) is 3.14. The first kappa shape index (κ1) is 5.94. The minimum Gasteiger partial charge on any atom is -0.293 e. The predicted octanol–water partition coefficient (Wildman–Crippen LogP) is -0.378. The van der Waals surface area contributed by atoms with Crippen molar-refractivity contribution in [2.45, 2.75) is 6.04 Å². The molecule has 0 heterocycles. The predicted molar refractivity (Wildman–Crippen MR) is 24.1 cm³/mol. The molecule has 0 bridgehead atoms. The van der Waals surface area contributed by atoms with Crippen LogP contribution in [0, 0.1) is 22.7 Å². The average molecular weight is 95.1 g/mol. The van der Waals surface area contributed by atoms with Crippen LogP contribution in [0.3, 0.4) is 0 Å². The van der Waals surface area contributed by atoms with Crippen molar-refractivity contribution in [1.82, 2.24) is 5.32 Å². The van der Waals surface area contributed by atoms with E-state index < -0.39 is 6.04 Å². The summed E-state index contributed by atoms with van der Waals surface area (Å²) in [5.74, 6) is 0. The maximum Gasteiger partial charge on any atom is 0.183 e. The quantitative estimate of drug-likeness (QED) is 0.483. The van der Waals surface area contributed by atoms with Gasteiger partial charge < -0.3 is 0 Å². The zero-order valence-electron chi connectivity index (χ0n) is 3.97. The van der Waals surface area contributed by atoms with Gasteiger partial charge in [0.05, 0.1) is 12.1 Å². The number of nitriles is 2. The van der Waals surface area contributed by atoms with Gasteiger partial charge in [-0.2, -0.15) is 10.5 Å². The largest absolute Gasteiger partial charge is 0.293 e. The second-order valence-electron chi connectivity index (χ2n) is 0.980. The first-order valence-electron chi connectivity index (χ1n) is 1.81. The van der Waals surface area contributed by atoms with Gasteiger partial charge in [-0.1, -0.05) is 0 Å². The molecule has 0 aromatic heterocycles. The van der Waals surface area contributed by atoms with E-state index in [-0.39, 0.29) is 0 Å². The molecule has 7 heavy (non-hydrogen) atoms. The molecule has 0 saturated carbocycles. The monoisotopic (exact) mass is 95.0 g/mol. The summed E-state index contributed by atoms with van der Waals surface area (Å²) < 4.78 is 0. The van der Waals surface area contributed by atoms with Gasteiger partial charge in [-0.25, -0.2) is 0 Å². The Kier molecular flexibility index (Phi) is 2.67. The van der Waals surface area contributed by atoms with Gasteiger partial charge in [-0.15, -0.1) is 0 Å². The Hall–Kier alpha value is -1.06. The molecule has 3 heteroatoms. The number of nitrogens with zero attached hydrogens (tertiary/aromatic N) is 2. The molecular formula is C4H5N3. The molecule has 0 saturated heterocycles. The van der Waals surface area contributed by atoms with Crippen molar-refractivity contribution in [2.75, 3.05) is 7.05 Å². The minimum absolute atomic E-state index is 0.653. The summed E-state index contributed by atoms with van der Waals surface area (Å²) in [5.41, 5.74) is 0. The lowest BCUT2D eigenvalue weighted by atomic mass is 10.4. The normalized spacial score (nSPS) is 7.43. The first-order valence-corrected chi connectivity index (χ1v) is 1.81. The van der Waals surface area contributed by atoms with Crippen LogP contribution < -0.4 is 5.32 Å². The van der Waals surface area contributed by atoms with Gasteiger partial charge in [0.25, 0.3) is 0 Å². The fraction of sp³-hybridized carbons (Fsp3) is 0.500. The Morgan fingerprint density at radius 2 is 1.86 bits per heavy atom. The topological polar surface area (TPSA) is 59.6 Å². The molecule has 0 rings (SSSR count). The lowest BCUT2D eigenvalue weighted by Gasteiger charge is -1.88. The summed E-state index contributed by atoms with van der Waals surface area (Å²) in [4.78, 5) is 0. The Morgan fingerprint density at radius 3 is 1.86 bits per heavy atom. The summed E-state index contributed by atoms with van der Waals surface area (Å²) in [5, 5.41) is 18.5. The van der Waals surface area contributed by atoms with Gasteiger partial charge in [-0.3, -0.25) is 5.32 Å². The maximum absolute atomic E-state index is 7.99. The van der Waals surface area contributed by atoms with Crippen LogP contribution in [0.1, 0.15) is 0 Å². The SMILES string of the molecule is CNC(C#N)C#N. The van der Waals surface area contributed by atoms with E-state index in [0.717, 1.165) is 0 Å². The molecule has 0 aliphatic carbocycles. The van der Waals surface area contributed by atoms with Crippen molar-refractivity contribution in [3.05, 3.63) is 0 Å². The highest BCUT2D eigenvalue weighted by Gasteiger charge is 1.95. The third-order valence-corrected chi connectivity index (χ3v) is 0.547. The Bertz CT molecular complexity index is 102. The summed E-state index contributed by atoms with van der Waals surface area (Å²) in [6, 6.07) is 2.81. The molecule has 3 nitrogen and oxygen atoms in total. The fourth-order valence-corrected chi connectivity index (χ4v) is 0.158. The molecule has 36 valence electrons. The zero-order chi connectivity index (χ0) is 5.70. The molecule has 0 unspecified atom stereocenters. The molecule has 0 aromatic rings. The van der Waals surface area contributed by atoms with Crippen LogP contribution in [0.5, 0.6) is 0 Å². The van der Waals surface area contributed by atoms with Crippen molar-refractivity contribution in [1.29, 1.82) is 10.5 Å². The van der Waals surface area contributed by atoms with E-state index in [1.54, 1.807) is 19.2 Å². The van der Waals surface area contributed by atoms with E-state index in [1.165, 1.54) is 0 Å². The lowest BCUT2D eigenvalue weighted by Crippen LogP contribution is -2.20. The van der Waals surface area contributed by atoms with E-state index in [4.69, 9.17) is 10.5 Å². The van der Waals surface area contributed by atoms with Gasteiger partial charge in [-0.05, 0) is 7.05 Å². The van der Waals surface area contributed by atoms with E-state index in [0.29, 0.717) is 0 Å². The summed E-state index contributed by atoms with van der Waals surface area (Å²) in [6.45, 7) is 0. The Labute approximate surface area is 42.2 Å². The van der Waals surface area contributed by atoms with Gasteiger partial charge in [0.1, 0.15) is 0 Å². The standard InChI is InChI=1S/C4H5N3/c1-7-4(2-5)3-6/h4,7H,1H3. The van der Waals surface area contributed by atoms with Crippen molar-refractivity contribution in [2.24, 2.45) is 0 Å². The number of hydrogen-bond donors (Lipinski definition) is 1. The smallest absolute Gasteiger partial charge is 0.183 e. The molecule has 0 atom stereocenters. The lowest BCUT2D eigenvalue weighted by molar-refractivity contribution is 0.812. The molecule has 0 fully saturated rings.